The molecular weight excluding hydrogens is 406 g/mol. The molecule has 0 spiro atoms. The van der Waals surface area contributed by atoms with Crippen molar-refractivity contribution in [2.75, 3.05) is 13.7 Å². The fraction of sp³-hybridized carbons (Fsp3) is 0.231. The molecule has 0 saturated heterocycles. The molecule has 3 aromatic rings. The molecule has 0 aromatic heterocycles. The Morgan fingerprint density at radius 3 is 2.19 bits per heavy atom. The molecule has 0 radical (unpaired) electrons. The van der Waals surface area contributed by atoms with Crippen molar-refractivity contribution in [1.82, 2.24) is 5.32 Å². The van der Waals surface area contributed by atoms with E-state index in [-0.39, 0.29) is 18.9 Å². The first-order chi connectivity index (χ1) is 15.4. The molecule has 0 bridgehead atoms. The van der Waals surface area contributed by atoms with Gasteiger partial charge in [-0.15, -0.1) is 0 Å². The molecule has 1 atom stereocenters. The summed E-state index contributed by atoms with van der Waals surface area (Å²) in [5.74, 6) is -0.618. The Hall–Kier alpha value is -3.80. The van der Waals surface area contributed by atoms with Gasteiger partial charge in [-0.25, -0.2) is 9.59 Å². The summed E-state index contributed by atoms with van der Waals surface area (Å²) < 4.78 is 10.7. The van der Waals surface area contributed by atoms with Gasteiger partial charge in [0.05, 0.1) is 7.11 Å². The molecule has 164 valence electrons. The van der Waals surface area contributed by atoms with Crippen molar-refractivity contribution in [1.29, 1.82) is 0 Å². The molecule has 0 heterocycles. The van der Waals surface area contributed by atoms with Crippen LogP contribution in [0.25, 0.3) is 11.1 Å². The second-order valence-corrected chi connectivity index (χ2v) is 8.12. The maximum Gasteiger partial charge on any atom is 0.408 e. The van der Waals surface area contributed by atoms with Crippen LogP contribution in [-0.2, 0) is 16.0 Å². The monoisotopic (exact) mass is 431 g/mol. The second-order valence-electron chi connectivity index (χ2n) is 8.12. The Kier molecular flexibility index (Phi) is 5.86. The van der Waals surface area contributed by atoms with Gasteiger partial charge in [-0.2, -0.15) is 0 Å². The number of carbonyl (C=O) groups excluding carboxylic acids is 1. The predicted octanol–water partition coefficient (Wildman–Crippen LogP) is 4.62. The zero-order valence-corrected chi connectivity index (χ0v) is 18.0. The molecule has 0 saturated carbocycles. The summed E-state index contributed by atoms with van der Waals surface area (Å²) in [6.45, 7) is 1.59. The number of fused-ring (bicyclic) bond motifs is 3. The number of carboxylic acid groups (broad SMARTS) is 1. The maximum atomic E-state index is 12.6. The molecule has 3 aromatic carbocycles. The van der Waals surface area contributed by atoms with Gasteiger partial charge in [0.15, 0.2) is 0 Å². The number of alkyl carbamates (subject to hydrolysis) is 1. The minimum absolute atomic E-state index is 0.0870. The molecule has 1 aliphatic rings. The molecule has 32 heavy (non-hydrogen) atoms. The van der Waals surface area contributed by atoms with Gasteiger partial charge in [0, 0.05) is 12.3 Å². The first kappa shape index (κ1) is 21.4. The highest BCUT2D eigenvalue weighted by molar-refractivity contribution is 5.84. The standard InChI is InChI=1S/C26H25NO5/c1-26(24(28)29,15-17-8-7-9-18(14-17)31-2)27-25(30)32-16-23-21-12-5-3-10-19(21)20-11-4-6-13-22(20)23/h3-14,23H,15-16H2,1-2H3,(H,27,30)(H,28,29)/t26-/m1/s1. The van der Waals surface area contributed by atoms with Crippen LogP contribution in [-0.4, -0.2) is 36.4 Å². The van der Waals surface area contributed by atoms with Crippen molar-refractivity contribution in [3.63, 3.8) is 0 Å². The summed E-state index contributed by atoms with van der Waals surface area (Å²) in [6.07, 6.45) is -0.677. The number of methoxy groups -OCH3 is 1. The van der Waals surface area contributed by atoms with Crippen LogP contribution >= 0.6 is 0 Å². The van der Waals surface area contributed by atoms with E-state index in [4.69, 9.17) is 9.47 Å². The zero-order chi connectivity index (χ0) is 22.7. The minimum Gasteiger partial charge on any atom is -0.497 e. The van der Waals surface area contributed by atoms with Crippen molar-refractivity contribution in [2.45, 2.75) is 24.8 Å². The molecule has 0 aliphatic heterocycles. The molecule has 4 rings (SSSR count). The van der Waals surface area contributed by atoms with Crippen LogP contribution in [0.1, 0.15) is 29.5 Å². The van der Waals surface area contributed by atoms with Crippen LogP contribution in [0.3, 0.4) is 0 Å². The summed E-state index contributed by atoms with van der Waals surface area (Å²) in [7, 11) is 1.55. The number of ether oxygens (including phenoxy) is 2. The number of hydrogen-bond donors (Lipinski definition) is 2. The highest BCUT2D eigenvalue weighted by atomic mass is 16.5. The van der Waals surface area contributed by atoms with E-state index in [1.165, 1.54) is 6.92 Å². The fourth-order valence-electron chi connectivity index (χ4n) is 4.22. The number of benzene rings is 3. The number of hydrogen-bond acceptors (Lipinski definition) is 4. The smallest absolute Gasteiger partial charge is 0.408 e. The van der Waals surface area contributed by atoms with E-state index in [9.17, 15) is 14.7 Å². The van der Waals surface area contributed by atoms with Crippen molar-refractivity contribution in [2.24, 2.45) is 0 Å². The molecule has 1 amide bonds. The Balaban J connectivity index is 1.47. The summed E-state index contributed by atoms with van der Waals surface area (Å²) in [5.41, 5.74) is 3.65. The molecular formula is C26H25NO5. The normalized spacial score (nSPS) is 14.1. The van der Waals surface area contributed by atoms with Gasteiger partial charge in [0.25, 0.3) is 0 Å². The van der Waals surface area contributed by atoms with E-state index in [1.54, 1.807) is 31.4 Å². The minimum atomic E-state index is -1.53. The van der Waals surface area contributed by atoms with Crippen molar-refractivity contribution in [3.05, 3.63) is 89.5 Å². The summed E-state index contributed by atoms with van der Waals surface area (Å²) >= 11 is 0. The number of carbonyl (C=O) groups is 2. The zero-order valence-electron chi connectivity index (χ0n) is 18.0. The largest absolute Gasteiger partial charge is 0.497 e. The van der Waals surface area contributed by atoms with Gasteiger partial charge in [-0.05, 0) is 46.9 Å². The van der Waals surface area contributed by atoms with Gasteiger partial charge in [-0.3, -0.25) is 0 Å². The third-order valence-corrected chi connectivity index (χ3v) is 5.89. The maximum absolute atomic E-state index is 12.6. The molecule has 0 unspecified atom stereocenters. The lowest BCUT2D eigenvalue weighted by atomic mass is 9.93. The highest BCUT2D eigenvalue weighted by Gasteiger charge is 2.36. The van der Waals surface area contributed by atoms with Crippen LogP contribution in [0.4, 0.5) is 4.79 Å². The Labute approximate surface area is 186 Å². The summed E-state index contributed by atoms with van der Waals surface area (Å²) in [6, 6.07) is 23.2. The van der Waals surface area contributed by atoms with Gasteiger partial charge < -0.3 is 19.9 Å². The van der Waals surface area contributed by atoms with Crippen molar-refractivity contribution < 1.29 is 24.2 Å². The van der Waals surface area contributed by atoms with E-state index in [1.807, 2.05) is 36.4 Å². The Morgan fingerprint density at radius 1 is 0.969 bits per heavy atom. The van der Waals surface area contributed by atoms with E-state index in [0.29, 0.717) is 5.75 Å². The quantitative estimate of drug-likeness (QED) is 0.570. The lowest BCUT2D eigenvalue weighted by Gasteiger charge is -2.26. The first-order valence-corrected chi connectivity index (χ1v) is 10.4. The number of aliphatic carboxylic acids is 1. The van der Waals surface area contributed by atoms with Gasteiger partial charge in [0.2, 0.25) is 0 Å². The van der Waals surface area contributed by atoms with Gasteiger partial charge in [-0.1, -0.05) is 60.7 Å². The van der Waals surface area contributed by atoms with Gasteiger partial charge >= 0.3 is 12.1 Å². The SMILES string of the molecule is COc1cccc(C[C@@](C)(NC(=O)OCC2c3ccccc3-c3ccccc32)C(=O)O)c1. The first-order valence-electron chi connectivity index (χ1n) is 10.4. The Morgan fingerprint density at radius 2 is 1.59 bits per heavy atom. The van der Waals surface area contributed by atoms with Crippen LogP contribution < -0.4 is 10.1 Å². The summed E-state index contributed by atoms with van der Waals surface area (Å²) in [5, 5.41) is 12.4. The third kappa shape index (κ3) is 4.17. The van der Waals surface area contributed by atoms with E-state index in [2.05, 4.69) is 17.4 Å². The number of rotatable bonds is 7. The van der Waals surface area contributed by atoms with Crippen LogP contribution in [0.2, 0.25) is 0 Å². The number of carboxylic acids is 1. The van der Waals surface area contributed by atoms with Crippen molar-refractivity contribution >= 4 is 12.1 Å². The lowest BCUT2D eigenvalue weighted by Crippen LogP contribution is -2.54. The average molecular weight is 431 g/mol. The van der Waals surface area contributed by atoms with E-state index >= 15 is 0 Å². The Bertz CT molecular complexity index is 1110. The number of nitrogens with one attached hydrogen (secondary N) is 1. The average Bonchev–Trinajstić information content (AvgIpc) is 3.11. The van der Waals surface area contributed by atoms with Gasteiger partial charge in [0.1, 0.15) is 17.9 Å². The molecule has 1 aliphatic carbocycles. The van der Waals surface area contributed by atoms with Crippen LogP contribution in [0.15, 0.2) is 72.8 Å². The van der Waals surface area contributed by atoms with Crippen molar-refractivity contribution in [3.8, 4) is 16.9 Å². The van der Waals surface area contributed by atoms with E-state index < -0.39 is 17.6 Å². The number of amides is 1. The summed E-state index contributed by atoms with van der Waals surface area (Å²) in [4.78, 5) is 24.6. The topological polar surface area (TPSA) is 84.9 Å². The molecule has 2 N–H and O–H groups in total. The molecule has 6 heteroatoms. The lowest BCUT2D eigenvalue weighted by molar-refractivity contribution is -0.143. The predicted molar refractivity (Wildman–Crippen MR) is 121 cm³/mol. The third-order valence-electron chi connectivity index (χ3n) is 5.89. The van der Waals surface area contributed by atoms with Crippen LogP contribution in [0.5, 0.6) is 5.75 Å². The fourth-order valence-corrected chi connectivity index (χ4v) is 4.22. The van der Waals surface area contributed by atoms with E-state index in [0.717, 1.165) is 27.8 Å². The second kappa shape index (κ2) is 8.75. The molecule has 6 nitrogen and oxygen atoms in total. The highest BCUT2D eigenvalue weighted by Crippen LogP contribution is 2.44. The molecule has 0 fully saturated rings. The van der Waals surface area contributed by atoms with Crippen LogP contribution in [0, 0.1) is 0 Å².